The molecule has 0 unspecified atom stereocenters. The van der Waals surface area contributed by atoms with E-state index in [1.807, 2.05) is 12.1 Å². The summed E-state index contributed by atoms with van der Waals surface area (Å²) >= 11 is 0. The minimum Gasteiger partial charge on any atom is -0.358 e. The second kappa shape index (κ2) is 6.05. The van der Waals surface area contributed by atoms with Gasteiger partial charge in [-0.15, -0.1) is 0 Å². The van der Waals surface area contributed by atoms with Crippen LogP contribution in [-0.2, 0) is 26.9 Å². The van der Waals surface area contributed by atoms with Crippen molar-refractivity contribution in [1.29, 1.82) is 0 Å². The van der Waals surface area contributed by atoms with E-state index in [4.69, 9.17) is 4.52 Å². The predicted octanol–water partition coefficient (Wildman–Crippen LogP) is 2.16. The summed E-state index contributed by atoms with van der Waals surface area (Å²) in [6.45, 7) is 0. The summed E-state index contributed by atoms with van der Waals surface area (Å²) in [5.74, 6) is 0.515. The van der Waals surface area contributed by atoms with Crippen molar-refractivity contribution in [3.63, 3.8) is 0 Å². The highest BCUT2D eigenvalue weighted by atomic mass is 16.5. The number of hydrogen-bond acceptors (Lipinski definition) is 5. The van der Waals surface area contributed by atoms with Crippen molar-refractivity contribution >= 4 is 10.9 Å². The Balaban J connectivity index is 1.60. The van der Waals surface area contributed by atoms with Gasteiger partial charge in [-0.1, -0.05) is 5.16 Å². The average Bonchev–Trinajstić information content (AvgIpc) is 3.33. The monoisotopic (exact) mass is 377 g/mol. The summed E-state index contributed by atoms with van der Waals surface area (Å²) in [7, 11) is 3.01. The van der Waals surface area contributed by atoms with Crippen LogP contribution in [0.3, 0.4) is 0 Å². The van der Waals surface area contributed by atoms with Crippen LogP contribution >= 0.6 is 0 Å². The van der Waals surface area contributed by atoms with Gasteiger partial charge in [-0.05, 0) is 49.4 Å². The zero-order valence-corrected chi connectivity index (χ0v) is 15.7. The van der Waals surface area contributed by atoms with E-state index in [0.29, 0.717) is 5.89 Å². The Morgan fingerprint density at radius 1 is 1.14 bits per heavy atom. The molecule has 4 aromatic rings. The fourth-order valence-corrected chi connectivity index (χ4v) is 3.95. The highest BCUT2D eigenvalue weighted by Gasteiger charge is 2.19. The summed E-state index contributed by atoms with van der Waals surface area (Å²) in [4.78, 5) is 32.2. The quantitative estimate of drug-likeness (QED) is 0.577. The van der Waals surface area contributed by atoms with Gasteiger partial charge in [-0.2, -0.15) is 4.98 Å². The molecule has 0 radical (unpaired) electrons. The van der Waals surface area contributed by atoms with Gasteiger partial charge in [0.1, 0.15) is 5.56 Å². The molecular formula is C20H19N5O3. The van der Waals surface area contributed by atoms with Crippen molar-refractivity contribution in [2.45, 2.75) is 25.7 Å². The van der Waals surface area contributed by atoms with Crippen molar-refractivity contribution in [1.82, 2.24) is 24.3 Å². The van der Waals surface area contributed by atoms with E-state index in [1.165, 1.54) is 47.3 Å². The molecule has 0 fully saturated rings. The second-order valence-corrected chi connectivity index (χ2v) is 7.27. The van der Waals surface area contributed by atoms with Gasteiger partial charge in [0.05, 0.1) is 0 Å². The molecule has 1 aromatic carbocycles. The first-order valence-corrected chi connectivity index (χ1v) is 9.27. The van der Waals surface area contributed by atoms with Gasteiger partial charge in [-0.25, -0.2) is 4.79 Å². The number of fused-ring (bicyclic) bond motifs is 3. The first-order valence-electron chi connectivity index (χ1n) is 9.27. The SMILES string of the molecule is Cn1cc(-c2noc(-c3ccc4[nH]c5c(c4c3)CCCC5)n2)c(=O)n(C)c1=O. The van der Waals surface area contributed by atoms with Gasteiger partial charge in [0, 0.05) is 42.5 Å². The summed E-state index contributed by atoms with van der Waals surface area (Å²) in [6.07, 6.45) is 6.01. The summed E-state index contributed by atoms with van der Waals surface area (Å²) < 4.78 is 7.79. The Bertz CT molecular complexity index is 1340. The van der Waals surface area contributed by atoms with Crippen molar-refractivity contribution in [3.8, 4) is 22.8 Å². The minimum absolute atomic E-state index is 0.169. The molecule has 8 nitrogen and oxygen atoms in total. The summed E-state index contributed by atoms with van der Waals surface area (Å²) in [5, 5.41) is 5.15. The summed E-state index contributed by atoms with van der Waals surface area (Å²) in [5.41, 5.74) is 3.97. The molecule has 0 aliphatic heterocycles. The van der Waals surface area contributed by atoms with Crippen molar-refractivity contribution in [2.24, 2.45) is 14.1 Å². The largest absolute Gasteiger partial charge is 0.358 e. The second-order valence-electron chi connectivity index (χ2n) is 7.27. The third-order valence-corrected chi connectivity index (χ3v) is 5.46. The number of nitrogens with one attached hydrogen (secondary N) is 1. The van der Waals surface area contributed by atoms with Gasteiger partial charge in [0.25, 0.3) is 11.4 Å². The Morgan fingerprint density at radius 3 is 2.82 bits per heavy atom. The molecule has 3 aromatic heterocycles. The number of benzene rings is 1. The molecular weight excluding hydrogens is 358 g/mol. The molecule has 0 atom stereocenters. The summed E-state index contributed by atoms with van der Waals surface area (Å²) in [6, 6.07) is 6.02. The average molecular weight is 377 g/mol. The zero-order chi connectivity index (χ0) is 19.4. The number of hydrogen-bond donors (Lipinski definition) is 1. The van der Waals surface area contributed by atoms with Gasteiger partial charge in [0.2, 0.25) is 5.82 Å². The number of nitrogens with zero attached hydrogens (tertiary/aromatic N) is 4. The maximum Gasteiger partial charge on any atom is 0.330 e. The lowest BCUT2D eigenvalue weighted by atomic mass is 9.95. The van der Waals surface area contributed by atoms with Gasteiger partial charge in [-0.3, -0.25) is 9.36 Å². The normalized spacial score (nSPS) is 13.8. The highest BCUT2D eigenvalue weighted by Crippen LogP contribution is 2.32. The van der Waals surface area contributed by atoms with E-state index in [-0.39, 0.29) is 11.4 Å². The molecule has 142 valence electrons. The topological polar surface area (TPSA) is 98.7 Å². The Hall–Kier alpha value is -3.42. The van der Waals surface area contributed by atoms with E-state index >= 15 is 0 Å². The van der Waals surface area contributed by atoms with Crippen LogP contribution in [0.1, 0.15) is 24.1 Å². The first-order chi connectivity index (χ1) is 13.5. The lowest BCUT2D eigenvalue weighted by Gasteiger charge is -2.10. The predicted molar refractivity (Wildman–Crippen MR) is 104 cm³/mol. The van der Waals surface area contributed by atoms with Crippen LogP contribution in [-0.4, -0.2) is 24.3 Å². The van der Waals surface area contributed by atoms with Gasteiger partial charge < -0.3 is 14.1 Å². The smallest absolute Gasteiger partial charge is 0.330 e. The molecule has 3 heterocycles. The number of aromatic nitrogens is 5. The minimum atomic E-state index is -0.453. The van der Waals surface area contributed by atoms with Gasteiger partial charge >= 0.3 is 5.69 Å². The Morgan fingerprint density at radius 2 is 1.96 bits per heavy atom. The molecule has 5 rings (SSSR count). The van der Waals surface area contributed by atoms with Crippen LogP contribution in [0.4, 0.5) is 0 Å². The lowest BCUT2D eigenvalue weighted by Crippen LogP contribution is -2.37. The molecule has 0 saturated carbocycles. The fraction of sp³-hybridized carbons (Fsp3) is 0.300. The lowest BCUT2D eigenvalue weighted by molar-refractivity contribution is 0.432. The van der Waals surface area contributed by atoms with E-state index < -0.39 is 11.2 Å². The fourth-order valence-electron chi connectivity index (χ4n) is 3.95. The van der Waals surface area contributed by atoms with Crippen molar-refractivity contribution in [3.05, 3.63) is 56.5 Å². The van der Waals surface area contributed by atoms with E-state index in [0.717, 1.165) is 28.5 Å². The maximum absolute atomic E-state index is 12.4. The van der Waals surface area contributed by atoms with Crippen LogP contribution in [0.15, 0.2) is 38.5 Å². The van der Waals surface area contributed by atoms with E-state index in [1.54, 1.807) is 7.05 Å². The number of H-pyrrole nitrogens is 1. The van der Waals surface area contributed by atoms with Crippen LogP contribution in [0.5, 0.6) is 0 Å². The van der Waals surface area contributed by atoms with E-state index in [2.05, 4.69) is 21.2 Å². The van der Waals surface area contributed by atoms with E-state index in [9.17, 15) is 9.59 Å². The third kappa shape index (κ3) is 2.45. The number of aryl methyl sites for hydroxylation is 3. The molecule has 8 heteroatoms. The molecule has 1 N–H and O–H groups in total. The van der Waals surface area contributed by atoms with Crippen LogP contribution in [0.2, 0.25) is 0 Å². The van der Waals surface area contributed by atoms with Crippen molar-refractivity contribution < 1.29 is 4.52 Å². The standard InChI is InChI=1S/C20H19N5O3/c1-24-10-14(19(26)25(2)20(24)27)17-22-18(28-23-17)11-7-8-16-13(9-11)12-5-3-4-6-15(12)21-16/h7-10,21H,3-6H2,1-2H3. The molecule has 0 saturated heterocycles. The van der Waals surface area contributed by atoms with Gasteiger partial charge in [0.15, 0.2) is 0 Å². The zero-order valence-electron chi connectivity index (χ0n) is 15.7. The number of rotatable bonds is 2. The highest BCUT2D eigenvalue weighted by molar-refractivity contribution is 5.88. The number of aromatic amines is 1. The molecule has 1 aliphatic carbocycles. The maximum atomic E-state index is 12.4. The Labute approximate surface area is 159 Å². The molecule has 0 amide bonds. The molecule has 0 bridgehead atoms. The molecule has 0 spiro atoms. The first kappa shape index (κ1) is 16.7. The third-order valence-electron chi connectivity index (χ3n) is 5.46. The molecule has 28 heavy (non-hydrogen) atoms. The van der Waals surface area contributed by atoms with Crippen LogP contribution in [0, 0.1) is 0 Å². The molecule has 1 aliphatic rings. The van der Waals surface area contributed by atoms with Crippen LogP contribution in [0.25, 0.3) is 33.7 Å². The Kier molecular flexibility index (Phi) is 3.61. The van der Waals surface area contributed by atoms with Crippen LogP contribution < -0.4 is 11.2 Å². The van der Waals surface area contributed by atoms with Crippen molar-refractivity contribution in [2.75, 3.05) is 0 Å².